The molecular formula is C13H14N4O. The maximum absolute atomic E-state index is 11.9. The standard InChI is InChI=1S/C13H14N4O/c1-17(2)12-6-5-10(8-15-12)13(18)16-11-4-3-7-14-9-11/h3-9H,1-2H3,(H,16,18). The predicted molar refractivity (Wildman–Crippen MR) is 70.8 cm³/mol. The fourth-order valence-corrected chi connectivity index (χ4v) is 1.42. The van der Waals surface area contributed by atoms with E-state index in [-0.39, 0.29) is 5.91 Å². The predicted octanol–water partition coefficient (Wildman–Crippen LogP) is 1.79. The Bertz CT molecular complexity index is 522. The summed E-state index contributed by atoms with van der Waals surface area (Å²) in [5, 5.41) is 2.75. The molecule has 0 aromatic carbocycles. The highest BCUT2D eigenvalue weighted by atomic mass is 16.1. The molecule has 18 heavy (non-hydrogen) atoms. The Morgan fingerprint density at radius 3 is 2.61 bits per heavy atom. The van der Waals surface area contributed by atoms with Gasteiger partial charge in [0.05, 0.1) is 17.4 Å². The molecule has 0 radical (unpaired) electrons. The van der Waals surface area contributed by atoms with Crippen molar-refractivity contribution >= 4 is 17.4 Å². The molecule has 1 N–H and O–H groups in total. The number of aromatic nitrogens is 2. The van der Waals surface area contributed by atoms with Gasteiger partial charge in [-0.15, -0.1) is 0 Å². The smallest absolute Gasteiger partial charge is 0.257 e. The van der Waals surface area contributed by atoms with Crippen LogP contribution < -0.4 is 10.2 Å². The maximum Gasteiger partial charge on any atom is 0.257 e. The first kappa shape index (κ1) is 12.0. The summed E-state index contributed by atoms with van der Waals surface area (Å²) < 4.78 is 0. The van der Waals surface area contributed by atoms with Gasteiger partial charge < -0.3 is 10.2 Å². The topological polar surface area (TPSA) is 58.1 Å². The van der Waals surface area contributed by atoms with Gasteiger partial charge in [0.15, 0.2) is 0 Å². The molecule has 2 rings (SSSR count). The van der Waals surface area contributed by atoms with Gasteiger partial charge in [0.2, 0.25) is 0 Å². The van der Waals surface area contributed by atoms with Crippen LogP contribution in [0.15, 0.2) is 42.9 Å². The van der Waals surface area contributed by atoms with E-state index in [2.05, 4.69) is 15.3 Å². The van der Waals surface area contributed by atoms with Crippen molar-refractivity contribution in [2.75, 3.05) is 24.3 Å². The number of anilines is 2. The third-order valence-corrected chi connectivity index (χ3v) is 2.39. The lowest BCUT2D eigenvalue weighted by Crippen LogP contribution is -2.14. The van der Waals surface area contributed by atoms with Crippen LogP contribution in [0.4, 0.5) is 11.5 Å². The Balaban J connectivity index is 2.10. The Labute approximate surface area is 105 Å². The van der Waals surface area contributed by atoms with E-state index in [1.54, 1.807) is 42.9 Å². The third-order valence-electron chi connectivity index (χ3n) is 2.39. The number of carbonyl (C=O) groups excluding carboxylic acids is 1. The molecule has 0 saturated heterocycles. The van der Waals surface area contributed by atoms with Crippen LogP contribution in [-0.4, -0.2) is 30.0 Å². The van der Waals surface area contributed by atoms with Crippen molar-refractivity contribution in [1.82, 2.24) is 9.97 Å². The van der Waals surface area contributed by atoms with Crippen LogP contribution in [0.1, 0.15) is 10.4 Å². The van der Waals surface area contributed by atoms with Crippen molar-refractivity contribution in [2.24, 2.45) is 0 Å². The van der Waals surface area contributed by atoms with Crippen molar-refractivity contribution in [2.45, 2.75) is 0 Å². The van der Waals surface area contributed by atoms with Gasteiger partial charge in [-0.1, -0.05) is 0 Å². The van der Waals surface area contributed by atoms with Crippen LogP contribution in [0.5, 0.6) is 0 Å². The Kier molecular flexibility index (Phi) is 3.52. The maximum atomic E-state index is 11.9. The molecule has 0 bridgehead atoms. The van der Waals surface area contributed by atoms with E-state index in [0.717, 1.165) is 5.82 Å². The molecule has 0 spiro atoms. The van der Waals surface area contributed by atoms with Crippen molar-refractivity contribution in [3.63, 3.8) is 0 Å². The molecule has 5 heteroatoms. The number of rotatable bonds is 3. The summed E-state index contributed by atoms with van der Waals surface area (Å²) in [6, 6.07) is 7.10. The summed E-state index contributed by atoms with van der Waals surface area (Å²) in [7, 11) is 3.80. The quantitative estimate of drug-likeness (QED) is 0.891. The third kappa shape index (κ3) is 2.82. The summed E-state index contributed by atoms with van der Waals surface area (Å²) in [5.74, 6) is 0.619. The lowest BCUT2D eigenvalue weighted by Gasteiger charge is -2.11. The van der Waals surface area contributed by atoms with Gasteiger partial charge in [-0.3, -0.25) is 9.78 Å². The number of nitrogens with zero attached hydrogens (tertiary/aromatic N) is 3. The summed E-state index contributed by atoms with van der Waals surface area (Å²) in [5.41, 5.74) is 1.18. The van der Waals surface area contributed by atoms with Crippen LogP contribution >= 0.6 is 0 Å². The summed E-state index contributed by atoms with van der Waals surface area (Å²) in [6.07, 6.45) is 4.81. The van der Waals surface area contributed by atoms with E-state index in [9.17, 15) is 4.79 Å². The molecule has 5 nitrogen and oxygen atoms in total. The molecule has 0 aliphatic carbocycles. The van der Waals surface area contributed by atoms with Crippen molar-refractivity contribution in [3.8, 4) is 0 Å². The Morgan fingerprint density at radius 2 is 2.06 bits per heavy atom. The second-order valence-corrected chi connectivity index (χ2v) is 4.00. The minimum absolute atomic E-state index is 0.194. The monoisotopic (exact) mass is 242 g/mol. The number of hydrogen-bond donors (Lipinski definition) is 1. The van der Waals surface area contributed by atoms with E-state index < -0.39 is 0 Å². The minimum atomic E-state index is -0.194. The fourth-order valence-electron chi connectivity index (χ4n) is 1.42. The summed E-state index contributed by atoms with van der Waals surface area (Å²) >= 11 is 0. The zero-order valence-electron chi connectivity index (χ0n) is 10.3. The summed E-state index contributed by atoms with van der Waals surface area (Å²) in [4.78, 5) is 21.9. The minimum Gasteiger partial charge on any atom is -0.363 e. The molecular weight excluding hydrogens is 228 g/mol. The number of pyridine rings is 2. The first-order chi connectivity index (χ1) is 8.66. The number of nitrogens with one attached hydrogen (secondary N) is 1. The molecule has 1 amide bonds. The molecule has 0 aliphatic rings. The average molecular weight is 242 g/mol. The average Bonchev–Trinajstić information content (AvgIpc) is 2.40. The van der Waals surface area contributed by atoms with E-state index in [1.165, 1.54) is 0 Å². The van der Waals surface area contributed by atoms with Gasteiger partial charge in [0, 0.05) is 26.5 Å². The lowest BCUT2D eigenvalue weighted by atomic mass is 10.2. The van der Waals surface area contributed by atoms with Gasteiger partial charge in [-0.05, 0) is 24.3 Å². The van der Waals surface area contributed by atoms with Gasteiger partial charge in [-0.2, -0.15) is 0 Å². The molecule has 0 unspecified atom stereocenters. The first-order valence-corrected chi connectivity index (χ1v) is 5.51. The van der Waals surface area contributed by atoms with Gasteiger partial charge in [0.1, 0.15) is 5.82 Å². The zero-order chi connectivity index (χ0) is 13.0. The lowest BCUT2D eigenvalue weighted by molar-refractivity contribution is 0.102. The van der Waals surface area contributed by atoms with E-state index >= 15 is 0 Å². The van der Waals surface area contributed by atoms with Crippen molar-refractivity contribution in [3.05, 3.63) is 48.4 Å². The largest absolute Gasteiger partial charge is 0.363 e. The van der Waals surface area contributed by atoms with Crippen LogP contribution in [0.3, 0.4) is 0 Å². The number of hydrogen-bond acceptors (Lipinski definition) is 4. The van der Waals surface area contributed by atoms with Gasteiger partial charge in [0.25, 0.3) is 5.91 Å². The van der Waals surface area contributed by atoms with Crippen LogP contribution in [-0.2, 0) is 0 Å². The molecule has 2 heterocycles. The molecule has 0 fully saturated rings. The molecule has 0 aliphatic heterocycles. The molecule has 0 saturated carbocycles. The van der Waals surface area contributed by atoms with Crippen LogP contribution in [0.2, 0.25) is 0 Å². The normalized spacial score (nSPS) is 9.89. The van der Waals surface area contributed by atoms with Gasteiger partial charge >= 0.3 is 0 Å². The fraction of sp³-hybridized carbons (Fsp3) is 0.154. The van der Waals surface area contributed by atoms with Crippen molar-refractivity contribution < 1.29 is 4.79 Å². The summed E-state index contributed by atoms with van der Waals surface area (Å²) in [6.45, 7) is 0. The first-order valence-electron chi connectivity index (χ1n) is 5.51. The van der Waals surface area contributed by atoms with Crippen molar-refractivity contribution in [1.29, 1.82) is 0 Å². The Morgan fingerprint density at radius 1 is 1.22 bits per heavy atom. The van der Waals surface area contributed by atoms with Gasteiger partial charge in [-0.25, -0.2) is 4.98 Å². The molecule has 0 atom stereocenters. The highest BCUT2D eigenvalue weighted by Gasteiger charge is 2.07. The van der Waals surface area contributed by atoms with E-state index in [1.807, 2.05) is 19.0 Å². The second-order valence-electron chi connectivity index (χ2n) is 4.00. The molecule has 92 valence electrons. The second kappa shape index (κ2) is 5.27. The van der Waals surface area contributed by atoms with Crippen LogP contribution in [0.25, 0.3) is 0 Å². The van der Waals surface area contributed by atoms with E-state index in [0.29, 0.717) is 11.3 Å². The zero-order valence-corrected chi connectivity index (χ0v) is 10.3. The highest BCUT2D eigenvalue weighted by Crippen LogP contribution is 2.10. The Hall–Kier alpha value is -2.43. The van der Waals surface area contributed by atoms with Crippen LogP contribution in [0, 0.1) is 0 Å². The number of amides is 1. The molecule has 2 aromatic rings. The highest BCUT2D eigenvalue weighted by molar-refractivity contribution is 6.04. The number of carbonyl (C=O) groups is 1. The molecule has 2 aromatic heterocycles. The SMILES string of the molecule is CN(C)c1ccc(C(=O)Nc2cccnc2)cn1. The van der Waals surface area contributed by atoms with E-state index in [4.69, 9.17) is 0 Å².